The molecule has 0 aromatic heterocycles. The van der Waals surface area contributed by atoms with Gasteiger partial charge in [0.25, 0.3) is 11.8 Å². The Bertz CT molecular complexity index is 683. The van der Waals surface area contributed by atoms with E-state index in [-0.39, 0.29) is 0 Å². The largest absolute Gasteiger partial charge is 0.394 e. The molecule has 0 radical (unpaired) electrons. The molecule has 0 bridgehead atoms. The number of morpholine rings is 1. The number of carbonyl (C=O) groups is 2. The standard InChI is InChI=1S/C14H14F5N3O4/c15-8-7(9(16)11(18)12(19)10(8)17)14(25)20-6(5-23)13(24)21-22-1-3-26-4-2-22/h6,23H,1-5H2,(H,20,25)(H,21,24). The van der Waals surface area contributed by atoms with Crippen LogP contribution in [-0.4, -0.2) is 60.9 Å². The molecule has 1 aliphatic rings. The number of rotatable bonds is 5. The number of carbonyl (C=O) groups excluding carboxylic acids is 2. The van der Waals surface area contributed by atoms with Gasteiger partial charge in [0.15, 0.2) is 23.3 Å². The number of hydrogen-bond donors (Lipinski definition) is 3. The molecule has 144 valence electrons. The molecule has 7 nitrogen and oxygen atoms in total. The predicted molar refractivity (Wildman–Crippen MR) is 75.1 cm³/mol. The molecular weight excluding hydrogens is 369 g/mol. The fraction of sp³-hybridized carbons (Fsp3) is 0.429. The number of hydrogen-bond acceptors (Lipinski definition) is 5. The number of amides is 2. The third-order valence-corrected chi connectivity index (χ3v) is 3.52. The average molecular weight is 383 g/mol. The Labute approximate surface area is 143 Å². The van der Waals surface area contributed by atoms with Crippen molar-refractivity contribution in [2.24, 2.45) is 0 Å². The lowest BCUT2D eigenvalue weighted by atomic mass is 10.1. The molecule has 2 amide bonds. The molecule has 1 fully saturated rings. The van der Waals surface area contributed by atoms with Gasteiger partial charge in [0, 0.05) is 13.1 Å². The Morgan fingerprint density at radius 3 is 2.00 bits per heavy atom. The van der Waals surface area contributed by atoms with E-state index in [9.17, 15) is 36.6 Å². The Morgan fingerprint density at radius 2 is 1.50 bits per heavy atom. The number of nitrogens with one attached hydrogen (secondary N) is 2. The van der Waals surface area contributed by atoms with Crippen LogP contribution in [-0.2, 0) is 9.53 Å². The maximum absolute atomic E-state index is 13.6. The number of nitrogens with zero attached hydrogens (tertiary/aromatic N) is 1. The van der Waals surface area contributed by atoms with E-state index in [1.807, 2.05) is 0 Å². The van der Waals surface area contributed by atoms with Crippen LogP contribution < -0.4 is 10.7 Å². The highest BCUT2D eigenvalue weighted by molar-refractivity contribution is 5.98. The first-order chi connectivity index (χ1) is 12.3. The molecule has 0 spiro atoms. The van der Waals surface area contributed by atoms with Crippen molar-refractivity contribution in [2.75, 3.05) is 32.9 Å². The summed E-state index contributed by atoms with van der Waals surface area (Å²) in [5.74, 6) is -14.4. The van der Waals surface area contributed by atoms with Crippen molar-refractivity contribution in [3.63, 3.8) is 0 Å². The van der Waals surface area contributed by atoms with Crippen LogP contribution in [0.5, 0.6) is 0 Å². The summed E-state index contributed by atoms with van der Waals surface area (Å²) in [7, 11) is 0. The van der Waals surface area contributed by atoms with Gasteiger partial charge in [0.2, 0.25) is 5.82 Å². The zero-order chi connectivity index (χ0) is 19.4. The summed E-state index contributed by atoms with van der Waals surface area (Å²) in [5.41, 5.74) is 0.581. The number of aliphatic hydroxyl groups excluding tert-OH is 1. The van der Waals surface area contributed by atoms with Gasteiger partial charge < -0.3 is 15.2 Å². The van der Waals surface area contributed by atoms with Gasteiger partial charge in [-0.3, -0.25) is 15.0 Å². The highest BCUT2D eigenvalue weighted by Gasteiger charge is 2.32. The smallest absolute Gasteiger partial charge is 0.259 e. The lowest BCUT2D eigenvalue weighted by Gasteiger charge is -2.28. The van der Waals surface area contributed by atoms with Crippen molar-refractivity contribution in [3.8, 4) is 0 Å². The van der Waals surface area contributed by atoms with Crippen LogP contribution in [0.15, 0.2) is 0 Å². The lowest BCUT2D eigenvalue weighted by Crippen LogP contribution is -2.56. The molecule has 1 saturated heterocycles. The predicted octanol–water partition coefficient (Wildman–Crippen LogP) is -0.164. The summed E-state index contributed by atoms with van der Waals surface area (Å²) in [6, 6.07) is -1.68. The first-order valence-corrected chi connectivity index (χ1v) is 7.34. The summed E-state index contributed by atoms with van der Waals surface area (Å²) >= 11 is 0. The van der Waals surface area contributed by atoms with E-state index < -0.39 is 59.1 Å². The maximum atomic E-state index is 13.6. The third-order valence-electron chi connectivity index (χ3n) is 3.52. The van der Waals surface area contributed by atoms with Gasteiger partial charge in [0.05, 0.1) is 19.8 Å². The average Bonchev–Trinajstić information content (AvgIpc) is 2.63. The topological polar surface area (TPSA) is 90.9 Å². The molecule has 2 rings (SSSR count). The SMILES string of the molecule is O=C(NC(CO)C(=O)NN1CCOCC1)c1c(F)c(F)c(F)c(F)c1F. The summed E-state index contributed by atoms with van der Waals surface area (Å²) in [6.07, 6.45) is 0. The minimum absolute atomic E-state index is 0.315. The first-order valence-electron chi connectivity index (χ1n) is 7.34. The quantitative estimate of drug-likeness (QED) is 0.373. The van der Waals surface area contributed by atoms with Crippen molar-refractivity contribution >= 4 is 11.8 Å². The molecule has 1 heterocycles. The molecule has 1 atom stereocenters. The number of benzene rings is 1. The van der Waals surface area contributed by atoms with Crippen LogP contribution in [0.1, 0.15) is 10.4 Å². The number of hydrazine groups is 1. The van der Waals surface area contributed by atoms with Gasteiger partial charge in [-0.25, -0.2) is 27.0 Å². The van der Waals surface area contributed by atoms with Gasteiger partial charge >= 0.3 is 0 Å². The molecule has 12 heteroatoms. The van der Waals surface area contributed by atoms with Crippen LogP contribution >= 0.6 is 0 Å². The third kappa shape index (κ3) is 4.08. The van der Waals surface area contributed by atoms with E-state index in [1.54, 1.807) is 5.32 Å². The monoisotopic (exact) mass is 383 g/mol. The molecule has 1 aromatic rings. The van der Waals surface area contributed by atoms with Crippen molar-refractivity contribution < 1.29 is 41.4 Å². The molecule has 0 saturated carbocycles. The van der Waals surface area contributed by atoms with Crippen molar-refractivity contribution in [3.05, 3.63) is 34.6 Å². The highest BCUT2D eigenvalue weighted by Crippen LogP contribution is 2.23. The van der Waals surface area contributed by atoms with E-state index >= 15 is 0 Å². The molecule has 1 aliphatic heterocycles. The minimum atomic E-state index is -2.42. The zero-order valence-electron chi connectivity index (χ0n) is 13.1. The Hall–Kier alpha value is -2.31. The second-order valence-electron chi connectivity index (χ2n) is 5.23. The normalized spacial score (nSPS) is 16.2. The van der Waals surface area contributed by atoms with E-state index in [2.05, 4.69) is 5.43 Å². The van der Waals surface area contributed by atoms with E-state index in [0.29, 0.717) is 26.3 Å². The summed E-state index contributed by atoms with van der Waals surface area (Å²) in [4.78, 5) is 23.9. The van der Waals surface area contributed by atoms with Gasteiger partial charge in [-0.2, -0.15) is 0 Å². The Kier molecular flexibility index (Phi) is 6.45. The van der Waals surface area contributed by atoms with E-state index in [1.165, 1.54) is 5.01 Å². The Morgan fingerprint density at radius 1 is 1.00 bits per heavy atom. The summed E-state index contributed by atoms with van der Waals surface area (Å²) in [5, 5.41) is 12.3. The molecule has 1 aromatic carbocycles. The van der Waals surface area contributed by atoms with Gasteiger partial charge in [0.1, 0.15) is 11.6 Å². The van der Waals surface area contributed by atoms with Crippen molar-refractivity contribution in [1.29, 1.82) is 0 Å². The molecule has 0 aliphatic carbocycles. The Balaban J connectivity index is 2.15. The zero-order valence-corrected chi connectivity index (χ0v) is 13.1. The van der Waals surface area contributed by atoms with E-state index in [0.717, 1.165) is 0 Å². The first kappa shape index (κ1) is 20.0. The highest BCUT2D eigenvalue weighted by atomic mass is 19.2. The van der Waals surface area contributed by atoms with E-state index in [4.69, 9.17) is 4.74 Å². The van der Waals surface area contributed by atoms with Crippen LogP contribution in [0.4, 0.5) is 22.0 Å². The fourth-order valence-electron chi connectivity index (χ4n) is 2.14. The van der Waals surface area contributed by atoms with Crippen LogP contribution in [0.25, 0.3) is 0 Å². The second kappa shape index (κ2) is 8.38. The second-order valence-corrected chi connectivity index (χ2v) is 5.23. The van der Waals surface area contributed by atoms with Crippen molar-refractivity contribution in [2.45, 2.75) is 6.04 Å². The summed E-state index contributed by atoms with van der Waals surface area (Å²) in [6.45, 7) is 0.296. The lowest BCUT2D eigenvalue weighted by molar-refractivity contribution is -0.130. The number of ether oxygens (including phenoxy) is 1. The molecule has 3 N–H and O–H groups in total. The molecule has 1 unspecified atom stereocenters. The molecular formula is C14H14F5N3O4. The number of halogens is 5. The van der Waals surface area contributed by atoms with Gasteiger partial charge in [-0.05, 0) is 0 Å². The minimum Gasteiger partial charge on any atom is -0.394 e. The summed E-state index contributed by atoms with van der Waals surface area (Å²) < 4.78 is 71.6. The van der Waals surface area contributed by atoms with Crippen molar-refractivity contribution in [1.82, 2.24) is 15.8 Å². The van der Waals surface area contributed by atoms with Gasteiger partial charge in [-0.1, -0.05) is 0 Å². The van der Waals surface area contributed by atoms with Crippen LogP contribution in [0.2, 0.25) is 0 Å². The maximum Gasteiger partial charge on any atom is 0.259 e. The molecule has 26 heavy (non-hydrogen) atoms. The van der Waals surface area contributed by atoms with Gasteiger partial charge in [-0.15, -0.1) is 0 Å². The fourth-order valence-corrected chi connectivity index (χ4v) is 2.14. The van der Waals surface area contributed by atoms with Crippen LogP contribution in [0.3, 0.4) is 0 Å². The van der Waals surface area contributed by atoms with Crippen LogP contribution in [0, 0.1) is 29.1 Å². The number of aliphatic hydroxyl groups is 1.